The summed E-state index contributed by atoms with van der Waals surface area (Å²) in [7, 11) is 1.84. The van der Waals surface area contributed by atoms with Gasteiger partial charge in [-0.3, -0.25) is 9.59 Å². The quantitative estimate of drug-likeness (QED) is 0.404. The highest BCUT2D eigenvalue weighted by atomic mass is 16.4. The van der Waals surface area contributed by atoms with Crippen molar-refractivity contribution in [3.63, 3.8) is 0 Å². The van der Waals surface area contributed by atoms with Gasteiger partial charge in [-0.2, -0.15) is 0 Å². The number of fused-ring (bicyclic) bond motifs is 1. The van der Waals surface area contributed by atoms with E-state index in [2.05, 4.69) is 0 Å². The van der Waals surface area contributed by atoms with Gasteiger partial charge in [-0.1, -0.05) is 19.1 Å². The third kappa shape index (κ3) is 4.09. The Morgan fingerprint density at radius 2 is 1.97 bits per heavy atom. The zero-order valence-electron chi connectivity index (χ0n) is 18.3. The number of carbonyl (C=O) groups is 3. The number of β-lactam (4-membered cyclic amide) rings is 1. The summed E-state index contributed by atoms with van der Waals surface area (Å²) in [6.45, 7) is 6.11. The Labute approximate surface area is 181 Å². The predicted octanol–water partition coefficient (Wildman–Crippen LogP) is 1.79. The van der Waals surface area contributed by atoms with Crippen molar-refractivity contribution in [1.29, 1.82) is 0 Å². The van der Waals surface area contributed by atoms with Crippen LogP contribution in [0.15, 0.2) is 29.5 Å². The van der Waals surface area contributed by atoms with Gasteiger partial charge in [0.25, 0.3) is 0 Å². The molecule has 168 valence electrons. The predicted molar refractivity (Wildman–Crippen MR) is 114 cm³/mol. The molecule has 1 fully saturated rings. The second-order valence-corrected chi connectivity index (χ2v) is 8.67. The number of benzene rings is 1. The van der Waals surface area contributed by atoms with E-state index in [1.807, 2.05) is 18.9 Å². The van der Waals surface area contributed by atoms with Crippen molar-refractivity contribution >= 4 is 17.7 Å². The molecular formula is C23H30N2O6. The van der Waals surface area contributed by atoms with E-state index in [0.717, 1.165) is 0 Å². The van der Waals surface area contributed by atoms with Crippen LogP contribution in [0, 0.1) is 18.8 Å². The molecule has 3 rings (SSSR count). The molecule has 0 unspecified atom stereocenters. The number of phenols is 1. The maximum atomic E-state index is 12.4. The second-order valence-electron chi connectivity index (χ2n) is 8.67. The maximum absolute atomic E-state index is 12.4. The van der Waals surface area contributed by atoms with Crippen molar-refractivity contribution in [3.05, 3.63) is 40.6 Å². The van der Waals surface area contributed by atoms with Gasteiger partial charge in [-0.15, -0.1) is 0 Å². The van der Waals surface area contributed by atoms with Crippen molar-refractivity contribution in [3.8, 4) is 5.75 Å². The molecule has 0 saturated carbocycles. The third-order valence-electron chi connectivity index (χ3n) is 6.44. The fraction of sp³-hybridized carbons (Fsp3) is 0.522. The van der Waals surface area contributed by atoms with Crippen LogP contribution in [0.4, 0.5) is 0 Å². The van der Waals surface area contributed by atoms with Gasteiger partial charge in [0.1, 0.15) is 11.4 Å². The molecule has 0 aromatic heterocycles. The van der Waals surface area contributed by atoms with Crippen LogP contribution < -0.4 is 0 Å². The molecule has 1 amide bonds. The third-order valence-corrected chi connectivity index (χ3v) is 6.44. The summed E-state index contributed by atoms with van der Waals surface area (Å²) in [6, 6.07) is 4.76. The number of aromatic hydroxyl groups is 1. The molecule has 1 aromatic carbocycles. The summed E-state index contributed by atoms with van der Waals surface area (Å²) in [5, 5.41) is 29.7. The van der Waals surface area contributed by atoms with Gasteiger partial charge in [-0.25, -0.2) is 4.79 Å². The van der Waals surface area contributed by atoms with Crippen LogP contribution in [0.2, 0.25) is 0 Å². The molecule has 0 spiro atoms. The van der Waals surface area contributed by atoms with Crippen LogP contribution in [-0.2, 0) is 9.59 Å². The number of amides is 1. The highest BCUT2D eigenvalue weighted by Gasteiger charge is 2.59. The van der Waals surface area contributed by atoms with Crippen molar-refractivity contribution in [2.24, 2.45) is 11.8 Å². The van der Waals surface area contributed by atoms with E-state index in [1.165, 1.54) is 4.90 Å². The fourth-order valence-corrected chi connectivity index (χ4v) is 4.75. The van der Waals surface area contributed by atoms with Gasteiger partial charge in [-0.05, 0) is 51.1 Å². The maximum Gasteiger partial charge on any atom is 0.352 e. The molecule has 0 aliphatic carbocycles. The summed E-state index contributed by atoms with van der Waals surface area (Å²) in [5.74, 6) is -2.35. The average molecular weight is 431 g/mol. The Kier molecular flexibility index (Phi) is 6.52. The highest BCUT2D eigenvalue weighted by molar-refractivity contribution is 6.00. The van der Waals surface area contributed by atoms with Gasteiger partial charge >= 0.3 is 5.97 Å². The molecule has 0 radical (unpaired) electrons. The van der Waals surface area contributed by atoms with E-state index in [4.69, 9.17) is 0 Å². The van der Waals surface area contributed by atoms with E-state index in [-0.39, 0.29) is 41.5 Å². The zero-order chi connectivity index (χ0) is 23.0. The molecule has 0 bridgehead atoms. The lowest BCUT2D eigenvalue weighted by atomic mass is 9.77. The number of aryl methyl sites for hydroxylation is 1. The molecule has 8 nitrogen and oxygen atoms in total. The first-order valence-electron chi connectivity index (χ1n) is 10.5. The number of hydrogen-bond acceptors (Lipinski definition) is 6. The average Bonchev–Trinajstić information content (AvgIpc) is 2.92. The van der Waals surface area contributed by atoms with Gasteiger partial charge in [0.05, 0.1) is 23.6 Å². The zero-order valence-corrected chi connectivity index (χ0v) is 18.3. The number of aliphatic hydroxyl groups excluding tert-OH is 1. The molecule has 4 atom stereocenters. The number of carbonyl (C=O) groups excluding carboxylic acids is 2. The molecule has 3 N–H and O–H groups in total. The van der Waals surface area contributed by atoms with Crippen LogP contribution in [0.5, 0.6) is 5.75 Å². The number of phenolic OH excluding ortho intramolecular Hbond substituents is 1. The Hall–Kier alpha value is -2.71. The lowest BCUT2D eigenvalue weighted by Crippen LogP contribution is -2.63. The van der Waals surface area contributed by atoms with E-state index in [1.54, 1.807) is 32.0 Å². The monoisotopic (exact) mass is 430 g/mol. The molecule has 1 aromatic rings. The summed E-state index contributed by atoms with van der Waals surface area (Å²) in [4.78, 5) is 40.0. The highest BCUT2D eigenvalue weighted by Crippen LogP contribution is 2.47. The summed E-state index contributed by atoms with van der Waals surface area (Å²) in [5.41, 5.74) is 1.65. The molecular weight excluding hydrogens is 400 g/mol. The first-order valence-corrected chi connectivity index (χ1v) is 10.5. The molecule has 1 saturated heterocycles. The van der Waals surface area contributed by atoms with E-state index < -0.39 is 18.0 Å². The Morgan fingerprint density at radius 3 is 2.58 bits per heavy atom. The van der Waals surface area contributed by atoms with Crippen molar-refractivity contribution in [2.45, 2.75) is 45.8 Å². The number of nitrogens with zero attached hydrogens (tertiary/aromatic N) is 2. The minimum absolute atomic E-state index is 0.0127. The molecule has 2 heterocycles. The van der Waals surface area contributed by atoms with E-state index >= 15 is 0 Å². The number of hydrogen-bond donors (Lipinski definition) is 3. The van der Waals surface area contributed by atoms with Crippen LogP contribution >= 0.6 is 0 Å². The van der Waals surface area contributed by atoms with Crippen LogP contribution in [-0.4, -0.2) is 75.1 Å². The van der Waals surface area contributed by atoms with Crippen molar-refractivity contribution in [2.75, 3.05) is 20.1 Å². The number of ketones is 1. The minimum atomic E-state index is -1.14. The Bertz CT molecular complexity index is 938. The SMILES string of the molecule is Cc1cccc(C(=O)CCCN(C)CC2=C(C(=O)O)N3C(=O)[C@H]([C@@H](C)O)[C@H]3[C@H]2C)c1O. The number of likely N-dealkylation sites (N-methyl/N-ethyl adjacent to an activating group) is 1. The lowest BCUT2D eigenvalue weighted by Gasteiger charge is -2.46. The van der Waals surface area contributed by atoms with Gasteiger partial charge in [0, 0.05) is 18.9 Å². The number of Topliss-reactive ketones (excluding diaryl/α,β-unsaturated/α-hetero) is 1. The number of carboxylic acids is 1. The normalized spacial score (nSPS) is 23.7. The van der Waals surface area contributed by atoms with Gasteiger partial charge < -0.3 is 25.1 Å². The van der Waals surface area contributed by atoms with Crippen LogP contribution in [0.3, 0.4) is 0 Å². The smallest absolute Gasteiger partial charge is 0.352 e. The molecule has 2 aliphatic rings. The molecule has 8 heteroatoms. The van der Waals surface area contributed by atoms with Gasteiger partial charge in [0.15, 0.2) is 5.78 Å². The summed E-state index contributed by atoms with van der Waals surface area (Å²) in [6.07, 6.45) is -0.0128. The molecule has 2 aliphatic heterocycles. The van der Waals surface area contributed by atoms with E-state index in [9.17, 15) is 29.7 Å². The van der Waals surface area contributed by atoms with Gasteiger partial charge in [0.2, 0.25) is 5.91 Å². The second kappa shape index (κ2) is 8.80. The standard InChI is InChI=1S/C23H30N2O6/c1-12-7-5-8-15(21(12)28)17(27)9-6-10-24(4)11-16-13(2)19-18(14(3)26)22(29)25(19)20(16)23(30)31/h5,7-8,13-14,18-19,26,28H,6,9-11H2,1-4H3,(H,30,31)/t13-,14+,18+,19+/m0/s1. The molecule has 31 heavy (non-hydrogen) atoms. The van der Waals surface area contributed by atoms with Crippen LogP contribution in [0.1, 0.15) is 42.6 Å². The largest absolute Gasteiger partial charge is 0.507 e. The topological polar surface area (TPSA) is 118 Å². The first-order chi connectivity index (χ1) is 14.6. The number of aliphatic hydroxyl groups is 1. The van der Waals surface area contributed by atoms with Crippen molar-refractivity contribution < 1.29 is 29.7 Å². The number of rotatable bonds is 9. The lowest BCUT2D eigenvalue weighted by molar-refractivity contribution is -0.163. The van der Waals surface area contributed by atoms with Crippen LogP contribution in [0.25, 0.3) is 0 Å². The van der Waals surface area contributed by atoms with E-state index in [0.29, 0.717) is 36.2 Å². The number of para-hydroxylation sites is 1. The summed E-state index contributed by atoms with van der Waals surface area (Å²) < 4.78 is 0. The summed E-state index contributed by atoms with van der Waals surface area (Å²) >= 11 is 0. The Balaban J connectivity index is 1.63. The Morgan fingerprint density at radius 1 is 1.29 bits per heavy atom. The number of aliphatic carboxylic acids is 1. The van der Waals surface area contributed by atoms with Crippen molar-refractivity contribution in [1.82, 2.24) is 9.80 Å². The first kappa shape index (κ1) is 23.0. The minimum Gasteiger partial charge on any atom is -0.507 e. The fourth-order valence-electron chi connectivity index (χ4n) is 4.75. The number of carboxylic acid groups (broad SMARTS) is 1.